The van der Waals surface area contributed by atoms with Crippen molar-refractivity contribution in [1.82, 2.24) is 0 Å². The van der Waals surface area contributed by atoms with Gasteiger partial charge >= 0.3 is 5.97 Å². The summed E-state index contributed by atoms with van der Waals surface area (Å²) < 4.78 is 0. The van der Waals surface area contributed by atoms with Crippen molar-refractivity contribution >= 4 is 5.97 Å². The Bertz CT molecular complexity index is 188. The van der Waals surface area contributed by atoms with Crippen molar-refractivity contribution in [3.63, 3.8) is 0 Å². The molecule has 3 heteroatoms. The SMILES string of the molecule is CCC(=CCC#N)C(=O)O. The number of aliphatic carboxylic acids is 1. The Morgan fingerprint density at radius 1 is 1.80 bits per heavy atom. The third kappa shape index (κ3) is 2.88. The highest BCUT2D eigenvalue weighted by atomic mass is 16.4. The van der Waals surface area contributed by atoms with Crippen molar-refractivity contribution in [3.8, 4) is 6.07 Å². The molecule has 0 radical (unpaired) electrons. The molecule has 10 heavy (non-hydrogen) atoms. The van der Waals surface area contributed by atoms with Crippen molar-refractivity contribution in [3.05, 3.63) is 11.6 Å². The largest absolute Gasteiger partial charge is 0.478 e. The van der Waals surface area contributed by atoms with Gasteiger partial charge in [0.1, 0.15) is 0 Å². The Balaban J connectivity index is 4.08. The normalized spacial score (nSPS) is 10.6. The van der Waals surface area contributed by atoms with E-state index in [2.05, 4.69) is 0 Å². The minimum absolute atomic E-state index is 0.176. The smallest absolute Gasteiger partial charge is 0.331 e. The first kappa shape index (κ1) is 8.70. The average Bonchev–Trinajstić information content (AvgIpc) is 1.89. The van der Waals surface area contributed by atoms with Crippen molar-refractivity contribution in [2.24, 2.45) is 0 Å². The van der Waals surface area contributed by atoms with Crippen LogP contribution in [0.2, 0.25) is 0 Å². The van der Waals surface area contributed by atoms with E-state index in [1.807, 2.05) is 6.07 Å². The number of nitrogens with zero attached hydrogens (tertiary/aromatic N) is 1. The van der Waals surface area contributed by atoms with Gasteiger partial charge in [-0.05, 0) is 6.42 Å². The van der Waals surface area contributed by atoms with Crippen molar-refractivity contribution in [2.75, 3.05) is 0 Å². The maximum atomic E-state index is 10.3. The molecule has 54 valence electrons. The monoisotopic (exact) mass is 139 g/mol. The van der Waals surface area contributed by atoms with E-state index in [-0.39, 0.29) is 6.42 Å². The van der Waals surface area contributed by atoms with E-state index in [1.54, 1.807) is 6.92 Å². The number of rotatable bonds is 3. The van der Waals surface area contributed by atoms with Crippen molar-refractivity contribution in [1.29, 1.82) is 5.26 Å². The molecule has 3 nitrogen and oxygen atoms in total. The van der Waals surface area contributed by atoms with Gasteiger partial charge in [-0.25, -0.2) is 4.79 Å². The maximum Gasteiger partial charge on any atom is 0.331 e. The lowest BCUT2D eigenvalue weighted by Crippen LogP contribution is -1.98. The van der Waals surface area contributed by atoms with Gasteiger partial charge in [-0.15, -0.1) is 0 Å². The number of nitriles is 1. The number of carboxylic acid groups (broad SMARTS) is 1. The van der Waals surface area contributed by atoms with Crippen LogP contribution < -0.4 is 0 Å². The lowest BCUT2D eigenvalue weighted by atomic mass is 10.2. The van der Waals surface area contributed by atoms with E-state index >= 15 is 0 Å². The molecule has 0 aliphatic rings. The molecule has 0 saturated carbocycles. The molecule has 0 aromatic carbocycles. The summed E-state index contributed by atoms with van der Waals surface area (Å²) >= 11 is 0. The molecule has 0 atom stereocenters. The lowest BCUT2D eigenvalue weighted by Gasteiger charge is -1.92. The highest BCUT2D eigenvalue weighted by Gasteiger charge is 2.01. The Morgan fingerprint density at radius 2 is 2.40 bits per heavy atom. The molecule has 0 aliphatic carbocycles. The molecule has 0 saturated heterocycles. The van der Waals surface area contributed by atoms with Gasteiger partial charge in [-0.1, -0.05) is 13.0 Å². The molecule has 0 aromatic rings. The van der Waals surface area contributed by atoms with Gasteiger partial charge in [0, 0.05) is 5.57 Å². The van der Waals surface area contributed by atoms with Crippen LogP contribution >= 0.6 is 0 Å². The number of carboxylic acids is 1. The predicted molar refractivity (Wildman–Crippen MR) is 36.2 cm³/mol. The summed E-state index contributed by atoms with van der Waals surface area (Å²) in [6, 6.07) is 1.85. The van der Waals surface area contributed by atoms with E-state index in [1.165, 1.54) is 6.08 Å². The summed E-state index contributed by atoms with van der Waals surface area (Å²) in [6.45, 7) is 1.75. The van der Waals surface area contributed by atoms with Crippen LogP contribution in [0.5, 0.6) is 0 Å². The molecular formula is C7H9NO2. The van der Waals surface area contributed by atoms with Crippen LogP contribution in [0.1, 0.15) is 19.8 Å². The average molecular weight is 139 g/mol. The third-order valence-electron chi connectivity index (χ3n) is 1.10. The molecule has 0 aromatic heterocycles. The zero-order valence-corrected chi connectivity index (χ0v) is 5.79. The van der Waals surface area contributed by atoms with Crippen LogP contribution in [0.15, 0.2) is 11.6 Å². The fourth-order valence-electron chi connectivity index (χ4n) is 0.552. The van der Waals surface area contributed by atoms with Gasteiger partial charge in [0.2, 0.25) is 0 Å². The number of allylic oxidation sites excluding steroid dienone is 1. The highest BCUT2D eigenvalue weighted by molar-refractivity contribution is 5.86. The number of carbonyl (C=O) groups is 1. The summed E-state index contributed by atoms with van der Waals surface area (Å²) in [6.07, 6.45) is 2.08. The van der Waals surface area contributed by atoms with Gasteiger partial charge in [0.25, 0.3) is 0 Å². The first-order chi connectivity index (χ1) is 4.72. The second kappa shape index (κ2) is 4.57. The molecule has 1 N–H and O–H groups in total. The molecule has 0 spiro atoms. The summed E-state index contributed by atoms with van der Waals surface area (Å²) in [5, 5.41) is 16.5. The second-order valence-electron chi connectivity index (χ2n) is 1.75. The fraction of sp³-hybridized carbons (Fsp3) is 0.429. The van der Waals surface area contributed by atoms with Crippen LogP contribution in [-0.2, 0) is 4.79 Å². The number of hydrogen-bond donors (Lipinski definition) is 1. The quantitative estimate of drug-likeness (QED) is 0.600. The zero-order valence-electron chi connectivity index (χ0n) is 5.79. The summed E-state index contributed by atoms with van der Waals surface area (Å²) in [4.78, 5) is 10.3. The third-order valence-corrected chi connectivity index (χ3v) is 1.10. The van der Waals surface area contributed by atoms with Crippen LogP contribution in [0.4, 0.5) is 0 Å². The van der Waals surface area contributed by atoms with Crippen LogP contribution in [0, 0.1) is 11.3 Å². The molecule has 0 rings (SSSR count). The van der Waals surface area contributed by atoms with Crippen molar-refractivity contribution < 1.29 is 9.90 Å². The standard InChI is InChI=1S/C7H9NO2/c1-2-6(7(9)10)4-3-5-8/h4H,2-3H2,1H3,(H,9,10). The zero-order chi connectivity index (χ0) is 7.98. The van der Waals surface area contributed by atoms with Crippen LogP contribution in [-0.4, -0.2) is 11.1 Å². The molecule has 0 fully saturated rings. The van der Waals surface area contributed by atoms with E-state index in [9.17, 15) is 4.79 Å². The van der Waals surface area contributed by atoms with E-state index < -0.39 is 5.97 Å². The molecule has 0 unspecified atom stereocenters. The van der Waals surface area contributed by atoms with Gasteiger partial charge in [-0.3, -0.25) is 0 Å². The van der Waals surface area contributed by atoms with Crippen molar-refractivity contribution in [2.45, 2.75) is 19.8 Å². The van der Waals surface area contributed by atoms with Crippen LogP contribution in [0.25, 0.3) is 0 Å². The molecule has 0 amide bonds. The summed E-state index contributed by atoms with van der Waals surface area (Å²) in [5.41, 5.74) is 0.307. The Hall–Kier alpha value is -1.30. The predicted octanol–water partition coefficient (Wildman–Crippen LogP) is 1.32. The second-order valence-corrected chi connectivity index (χ2v) is 1.75. The topological polar surface area (TPSA) is 61.1 Å². The van der Waals surface area contributed by atoms with Gasteiger partial charge < -0.3 is 5.11 Å². The summed E-state index contributed by atoms with van der Waals surface area (Å²) in [7, 11) is 0. The Kier molecular flexibility index (Phi) is 3.97. The minimum atomic E-state index is -0.933. The molecular weight excluding hydrogens is 130 g/mol. The highest BCUT2D eigenvalue weighted by Crippen LogP contribution is 2.00. The van der Waals surface area contributed by atoms with Gasteiger partial charge in [0.05, 0.1) is 12.5 Å². The summed E-state index contributed by atoms with van der Waals surface area (Å²) in [5.74, 6) is -0.933. The van der Waals surface area contributed by atoms with Gasteiger partial charge in [-0.2, -0.15) is 5.26 Å². The maximum absolute atomic E-state index is 10.3. The molecule has 0 aliphatic heterocycles. The van der Waals surface area contributed by atoms with Crippen LogP contribution in [0.3, 0.4) is 0 Å². The van der Waals surface area contributed by atoms with E-state index in [0.29, 0.717) is 12.0 Å². The lowest BCUT2D eigenvalue weighted by molar-refractivity contribution is -0.132. The first-order valence-electron chi connectivity index (χ1n) is 3.01. The Labute approximate surface area is 59.6 Å². The van der Waals surface area contributed by atoms with Gasteiger partial charge in [0.15, 0.2) is 0 Å². The Morgan fingerprint density at radius 3 is 2.70 bits per heavy atom. The number of hydrogen-bond acceptors (Lipinski definition) is 2. The fourth-order valence-corrected chi connectivity index (χ4v) is 0.552. The van der Waals surface area contributed by atoms with E-state index in [4.69, 9.17) is 10.4 Å². The first-order valence-corrected chi connectivity index (χ1v) is 3.01. The molecule has 0 heterocycles. The van der Waals surface area contributed by atoms with E-state index in [0.717, 1.165) is 0 Å². The molecule has 0 bridgehead atoms. The minimum Gasteiger partial charge on any atom is -0.478 e.